The van der Waals surface area contributed by atoms with Crippen LogP contribution in [0.15, 0.2) is 77.3 Å². The zero-order chi connectivity index (χ0) is 22.4. The van der Waals surface area contributed by atoms with Crippen molar-refractivity contribution in [3.8, 4) is 16.9 Å². The molecule has 3 aromatic carbocycles. The van der Waals surface area contributed by atoms with Crippen LogP contribution in [0.2, 0.25) is 0 Å². The molecule has 0 saturated carbocycles. The van der Waals surface area contributed by atoms with Crippen molar-refractivity contribution in [3.63, 3.8) is 0 Å². The number of carbonyl (C=O) groups excluding carboxylic acids is 2. The van der Waals surface area contributed by atoms with Gasteiger partial charge >= 0.3 is 0 Å². The van der Waals surface area contributed by atoms with E-state index in [-0.39, 0.29) is 17.9 Å². The van der Waals surface area contributed by atoms with E-state index in [9.17, 15) is 9.59 Å². The van der Waals surface area contributed by atoms with E-state index in [1.807, 2.05) is 54.6 Å². The highest BCUT2D eigenvalue weighted by atomic mass is 79.9. The minimum absolute atomic E-state index is 0.00807. The van der Waals surface area contributed by atoms with E-state index in [0.29, 0.717) is 11.3 Å². The second-order valence-electron chi connectivity index (χ2n) is 8.13. The molecule has 0 aliphatic carbocycles. The molecule has 0 aromatic heterocycles. The number of carbonyl (C=O) groups is 2. The summed E-state index contributed by atoms with van der Waals surface area (Å²) >= 11 is 3.48. The fraction of sp³-hybridized carbons (Fsp3) is 0.200. The zero-order valence-electron chi connectivity index (χ0n) is 17.7. The average Bonchev–Trinajstić information content (AvgIpc) is 2.76. The largest absolute Gasteiger partial charge is 0.483 e. The first-order valence-electron chi connectivity index (χ1n) is 9.91. The van der Waals surface area contributed by atoms with Gasteiger partial charge in [-0.2, -0.15) is 0 Å². The molecule has 0 aliphatic heterocycles. The lowest BCUT2D eigenvalue weighted by atomic mass is 9.87. The highest BCUT2D eigenvalue weighted by molar-refractivity contribution is 9.10. The minimum Gasteiger partial charge on any atom is -0.483 e. The quantitative estimate of drug-likeness (QED) is 0.489. The summed E-state index contributed by atoms with van der Waals surface area (Å²) in [7, 11) is 0. The Hall–Kier alpha value is -3.12. The summed E-state index contributed by atoms with van der Waals surface area (Å²) in [6.07, 6.45) is 0. The van der Waals surface area contributed by atoms with Gasteiger partial charge < -0.3 is 4.74 Å². The van der Waals surface area contributed by atoms with Crippen molar-refractivity contribution >= 4 is 27.7 Å². The van der Waals surface area contributed by atoms with Gasteiger partial charge in [0, 0.05) is 5.56 Å². The lowest BCUT2D eigenvalue weighted by molar-refractivity contribution is -0.123. The van der Waals surface area contributed by atoms with Gasteiger partial charge in [-0.15, -0.1) is 0 Å². The van der Waals surface area contributed by atoms with Gasteiger partial charge in [-0.25, -0.2) is 0 Å². The molecule has 160 valence electrons. The van der Waals surface area contributed by atoms with Gasteiger partial charge in [0.1, 0.15) is 5.75 Å². The number of hydrogen-bond donors (Lipinski definition) is 2. The molecule has 0 fully saturated rings. The fourth-order valence-corrected chi connectivity index (χ4v) is 3.42. The minimum atomic E-state index is -0.460. The van der Waals surface area contributed by atoms with Gasteiger partial charge in [0.2, 0.25) is 0 Å². The molecule has 0 heterocycles. The molecule has 31 heavy (non-hydrogen) atoms. The van der Waals surface area contributed by atoms with Crippen LogP contribution in [0.25, 0.3) is 11.1 Å². The summed E-state index contributed by atoms with van der Waals surface area (Å²) in [6.45, 7) is 6.09. The molecule has 0 bridgehead atoms. The van der Waals surface area contributed by atoms with Gasteiger partial charge in [-0.3, -0.25) is 20.4 Å². The lowest BCUT2D eigenvalue weighted by Gasteiger charge is -2.19. The van der Waals surface area contributed by atoms with Crippen molar-refractivity contribution in [3.05, 3.63) is 88.4 Å². The van der Waals surface area contributed by atoms with Crippen LogP contribution < -0.4 is 15.6 Å². The van der Waals surface area contributed by atoms with Crippen molar-refractivity contribution in [2.24, 2.45) is 0 Å². The molecular weight excluding hydrogens is 456 g/mol. The molecular formula is C25H25BrN2O3. The fourth-order valence-electron chi connectivity index (χ4n) is 2.93. The zero-order valence-corrected chi connectivity index (χ0v) is 19.3. The Bertz CT molecular complexity index is 1060. The third kappa shape index (κ3) is 6.18. The van der Waals surface area contributed by atoms with E-state index in [1.54, 1.807) is 18.2 Å². The standard InChI is InChI=1S/C25H25BrN2O3/c1-25(2,3)20-12-9-18(10-13-20)24(30)28-27-23(29)16-31-22-14-11-19(15-21(22)26)17-7-5-4-6-8-17/h4-15H,16H2,1-3H3,(H,27,29)(H,28,30). The number of hydrazine groups is 1. The van der Waals surface area contributed by atoms with Crippen molar-refractivity contribution in [1.82, 2.24) is 10.9 Å². The highest BCUT2D eigenvalue weighted by Crippen LogP contribution is 2.30. The van der Waals surface area contributed by atoms with E-state index < -0.39 is 5.91 Å². The van der Waals surface area contributed by atoms with Gasteiger partial charge in [0.25, 0.3) is 11.8 Å². The Morgan fingerprint density at radius 2 is 1.55 bits per heavy atom. The summed E-state index contributed by atoms with van der Waals surface area (Å²) < 4.78 is 6.31. The topological polar surface area (TPSA) is 67.4 Å². The van der Waals surface area contributed by atoms with Crippen LogP contribution in [0.1, 0.15) is 36.7 Å². The summed E-state index contributed by atoms with van der Waals surface area (Å²) in [4.78, 5) is 24.3. The summed E-state index contributed by atoms with van der Waals surface area (Å²) in [5.74, 6) is -0.306. The van der Waals surface area contributed by atoms with Gasteiger partial charge in [-0.1, -0.05) is 69.3 Å². The predicted molar refractivity (Wildman–Crippen MR) is 126 cm³/mol. The molecule has 3 aromatic rings. The number of halogens is 1. The highest BCUT2D eigenvalue weighted by Gasteiger charge is 2.15. The summed E-state index contributed by atoms with van der Waals surface area (Å²) in [6, 6.07) is 22.9. The third-order valence-corrected chi connectivity index (χ3v) is 5.35. The predicted octanol–water partition coefficient (Wildman–Crippen LogP) is 5.25. The van der Waals surface area contributed by atoms with Crippen molar-refractivity contribution in [1.29, 1.82) is 0 Å². The van der Waals surface area contributed by atoms with E-state index in [2.05, 4.69) is 47.6 Å². The van der Waals surface area contributed by atoms with Gasteiger partial charge in [0.15, 0.2) is 6.61 Å². The van der Waals surface area contributed by atoms with E-state index in [1.165, 1.54) is 0 Å². The summed E-state index contributed by atoms with van der Waals surface area (Å²) in [5.41, 5.74) is 8.51. The van der Waals surface area contributed by atoms with E-state index in [0.717, 1.165) is 21.2 Å². The summed E-state index contributed by atoms with van der Waals surface area (Å²) in [5, 5.41) is 0. The van der Waals surface area contributed by atoms with Crippen molar-refractivity contribution < 1.29 is 14.3 Å². The number of benzene rings is 3. The lowest BCUT2D eigenvalue weighted by Crippen LogP contribution is -2.43. The smallest absolute Gasteiger partial charge is 0.276 e. The average molecular weight is 481 g/mol. The molecule has 0 aliphatic rings. The number of rotatable bonds is 5. The molecule has 0 radical (unpaired) electrons. The van der Waals surface area contributed by atoms with Crippen molar-refractivity contribution in [2.45, 2.75) is 26.2 Å². The Labute approximate surface area is 190 Å². The maximum atomic E-state index is 12.2. The van der Waals surface area contributed by atoms with E-state index in [4.69, 9.17) is 4.74 Å². The first-order chi connectivity index (χ1) is 14.7. The Morgan fingerprint density at radius 1 is 0.871 bits per heavy atom. The number of hydrogen-bond acceptors (Lipinski definition) is 3. The monoisotopic (exact) mass is 480 g/mol. The SMILES string of the molecule is CC(C)(C)c1ccc(C(=O)NNC(=O)COc2ccc(-c3ccccc3)cc2Br)cc1. The second kappa shape index (κ2) is 9.79. The van der Waals surface area contributed by atoms with Crippen LogP contribution in [-0.2, 0) is 10.2 Å². The molecule has 0 unspecified atom stereocenters. The third-order valence-electron chi connectivity index (χ3n) is 4.73. The number of amides is 2. The van der Waals surface area contributed by atoms with Crippen LogP contribution in [0, 0.1) is 0 Å². The van der Waals surface area contributed by atoms with Crippen LogP contribution >= 0.6 is 15.9 Å². The van der Waals surface area contributed by atoms with Gasteiger partial charge in [0.05, 0.1) is 4.47 Å². The number of ether oxygens (including phenoxy) is 1. The van der Waals surface area contributed by atoms with Crippen molar-refractivity contribution in [2.75, 3.05) is 6.61 Å². The van der Waals surface area contributed by atoms with Gasteiger partial charge in [-0.05, 0) is 62.3 Å². The molecule has 2 amide bonds. The Morgan fingerprint density at radius 3 is 2.16 bits per heavy atom. The molecule has 5 nitrogen and oxygen atoms in total. The Balaban J connectivity index is 1.50. The Kier molecular flexibility index (Phi) is 7.13. The van der Waals surface area contributed by atoms with Crippen LogP contribution in [0.5, 0.6) is 5.75 Å². The maximum Gasteiger partial charge on any atom is 0.276 e. The normalized spacial score (nSPS) is 11.0. The molecule has 0 atom stereocenters. The van der Waals surface area contributed by atoms with Crippen LogP contribution in [-0.4, -0.2) is 18.4 Å². The molecule has 0 spiro atoms. The first kappa shape index (κ1) is 22.6. The second-order valence-corrected chi connectivity index (χ2v) is 8.98. The maximum absolute atomic E-state index is 12.2. The van der Waals surface area contributed by atoms with E-state index >= 15 is 0 Å². The first-order valence-corrected chi connectivity index (χ1v) is 10.7. The van der Waals surface area contributed by atoms with Crippen LogP contribution in [0.3, 0.4) is 0 Å². The molecule has 3 rings (SSSR count). The molecule has 2 N–H and O–H groups in total. The number of nitrogens with one attached hydrogen (secondary N) is 2. The van der Waals surface area contributed by atoms with Crippen LogP contribution in [0.4, 0.5) is 0 Å². The molecule has 0 saturated heterocycles. The molecule has 6 heteroatoms.